The summed E-state index contributed by atoms with van der Waals surface area (Å²) in [5.41, 5.74) is 4.56. The fourth-order valence-corrected chi connectivity index (χ4v) is 5.68. The van der Waals surface area contributed by atoms with Gasteiger partial charge in [-0.05, 0) is 54.7 Å². The summed E-state index contributed by atoms with van der Waals surface area (Å²) < 4.78 is 25.6. The monoisotopic (exact) mass is 640 g/mol. The minimum Gasteiger partial charge on any atom is -0.481 e. The van der Waals surface area contributed by atoms with E-state index in [-0.39, 0.29) is 24.4 Å². The van der Waals surface area contributed by atoms with Crippen molar-refractivity contribution in [3.05, 3.63) is 126 Å². The molecule has 0 aliphatic heterocycles. The third kappa shape index (κ3) is 6.52. The van der Waals surface area contributed by atoms with E-state index in [9.17, 15) is 20.9 Å². The standard InChI is InChI=1S/C36H30FN9O2/c37-26-8-6-23(7-9-26)35(32-20-46(45-44-32)28-10-11-28)42-27-14-29(25-17-39-21-40-18-25)36-30(15-27)34(24(16-38)19-41-36)43-31(12-13-33(47)48)22-4-2-1-3-5-22/h1-9,14-15,17-21,28,31,35,42H,10-13H2,(H,41,43)(H,47,48)/i35D. The van der Waals surface area contributed by atoms with Crippen molar-refractivity contribution in [2.24, 2.45) is 0 Å². The number of pyridine rings is 1. The van der Waals surface area contributed by atoms with E-state index in [1.54, 1.807) is 29.3 Å². The van der Waals surface area contributed by atoms with Crippen LogP contribution in [0.3, 0.4) is 0 Å². The maximum atomic E-state index is 14.1. The lowest BCUT2D eigenvalue weighted by molar-refractivity contribution is -0.137. The van der Waals surface area contributed by atoms with E-state index in [1.165, 1.54) is 36.8 Å². The summed E-state index contributed by atoms with van der Waals surface area (Å²) >= 11 is 0. The summed E-state index contributed by atoms with van der Waals surface area (Å²) in [6.07, 6.45) is 10.0. The Morgan fingerprint density at radius 2 is 1.83 bits per heavy atom. The summed E-state index contributed by atoms with van der Waals surface area (Å²) in [6, 6.07) is 19.0. The van der Waals surface area contributed by atoms with Gasteiger partial charge >= 0.3 is 5.97 Å². The van der Waals surface area contributed by atoms with Gasteiger partial charge in [-0.2, -0.15) is 5.26 Å². The van der Waals surface area contributed by atoms with Crippen LogP contribution >= 0.6 is 0 Å². The van der Waals surface area contributed by atoms with Crippen molar-refractivity contribution in [2.75, 3.05) is 10.6 Å². The molecule has 6 aromatic rings. The number of nitrogens with one attached hydrogen (secondary N) is 2. The average Bonchev–Trinajstić information content (AvgIpc) is 3.85. The molecule has 1 saturated carbocycles. The minimum absolute atomic E-state index is 0.0998. The van der Waals surface area contributed by atoms with E-state index in [4.69, 9.17) is 0 Å². The van der Waals surface area contributed by atoms with Gasteiger partial charge in [-0.25, -0.2) is 19.0 Å². The first kappa shape index (κ1) is 29.2. The summed E-state index contributed by atoms with van der Waals surface area (Å²) in [6.45, 7) is 0. The molecule has 2 atom stereocenters. The number of carboxylic acids is 1. The van der Waals surface area contributed by atoms with E-state index in [0.29, 0.717) is 44.7 Å². The molecule has 1 fully saturated rings. The van der Waals surface area contributed by atoms with E-state index in [0.717, 1.165) is 18.4 Å². The Labute approximate surface area is 276 Å². The summed E-state index contributed by atoms with van der Waals surface area (Å²) in [7, 11) is 0. The number of benzene rings is 3. The van der Waals surface area contributed by atoms with E-state index in [1.807, 2.05) is 36.4 Å². The highest BCUT2D eigenvalue weighted by Crippen LogP contribution is 2.40. The second kappa shape index (κ2) is 13.3. The zero-order valence-corrected chi connectivity index (χ0v) is 25.6. The molecule has 3 heterocycles. The molecular formula is C36H30FN9O2. The van der Waals surface area contributed by atoms with Crippen molar-refractivity contribution in [1.82, 2.24) is 29.9 Å². The Kier molecular flexibility index (Phi) is 8.06. The molecule has 0 saturated heterocycles. The normalized spacial score (nSPS) is 14.8. The molecule has 1 aliphatic carbocycles. The first-order valence-corrected chi connectivity index (χ1v) is 15.4. The van der Waals surface area contributed by atoms with Crippen molar-refractivity contribution in [2.45, 2.75) is 43.8 Å². The van der Waals surface area contributed by atoms with Gasteiger partial charge in [-0.15, -0.1) is 5.10 Å². The fraction of sp³-hybridized carbons (Fsp3) is 0.194. The number of anilines is 2. The zero-order chi connectivity index (χ0) is 34.0. The predicted molar refractivity (Wildman–Crippen MR) is 177 cm³/mol. The number of fused-ring (bicyclic) bond motifs is 1. The third-order valence-electron chi connectivity index (χ3n) is 8.22. The molecule has 3 aromatic carbocycles. The predicted octanol–water partition coefficient (Wildman–Crippen LogP) is 6.85. The van der Waals surface area contributed by atoms with Gasteiger partial charge in [-0.1, -0.05) is 47.7 Å². The maximum Gasteiger partial charge on any atom is 0.303 e. The largest absolute Gasteiger partial charge is 0.481 e. The molecule has 7 rings (SSSR count). The molecule has 0 amide bonds. The molecule has 2 unspecified atom stereocenters. The Hall–Kier alpha value is -6.22. The second-order valence-electron chi connectivity index (χ2n) is 11.6. The van der Waals surface area contributed by atoms with Gasteiger partial charge in [0.05, 0.1) is 42.4 Å². The maximum absolute atomic E-state index is 14.1. The number of carboxylic acid groups (broad SMARTS) is 1. The van der Waals surface area contributed by atoms with Crippen molar-refractivity contribution in [3.8, 4) is 17.2 Å². The van der Waals surface area contributed by atoms with E-state index < -0.39 is 23.8 Å². The van der Waals surface area contributed by atoms with Crippen LogP contribution in [0.1, 0.15) is 67.5 Å². The van der Waals surface area contributed by atoms with Crippen LogP contribution in [0.2, 0.25) is 0 Å². The van der Waals surface area contributed by atoms with Gasteiger partial charge in [0, 0.05) is 47.2 Å². The van der Waals surface area contributed by atoms with Crippen molar-refractivity contribution >= 4 is 28.2 Å². The van der Waals surface area contributed by atoms with Gasteiger partial charge < -0.3 is 15.7 Å². The third-order valence-corrected chi connectivity index (χ3v) is 8.22. The van der Waals surface area contributed by atoms with Gasteiger partial charge in [-0.3, -0.25) is 9.78 Å². The molecule has 0 spiro atoms. The van der Waals surface area contributed by atoms with Gasteiger partial charge in [0.15, 0.2) is 0 Å². The van der Waals surface area contributed by atoms with Gasteiger partial charge in [0.1, 0.15) is 23.9 Å². The molecule has 11 nitrogen and oxygen atoms in total. The molecular weight excluding hydrogens is 609 g/mol. The smallest absolute Gasteiger partial charge is 0.303 e. The molecule has 12 heteroatoms. The highest BCUT2D eigenvalue weighted by molar-refractivity contribution is 6.04. The van der Waals surface area contributed by atoms with E-state index >= 15 is 0 Å². The number of rotatable bonds is 12. The number of carbonyl (C=O) groups is 1. The van der Waals surface area contributed by atoms with Crippen LogP contribution in [-0.4, -0.2) is 41.0 Å². The first-order chi connectivity index (χ1) is 23.8. The molecule has 3 aromatic heterocycles. The number of aliphatic carboxylic acids is 1. The highest BCUT2D eigenvalue weighted by atomic mass is 19.1. The number of hydrogen-bond acceptors (Lipinski definition) is 9. The van der Waals surface area contributed by atoms with Crippen LogP contribution in [0.4, 0.5) is 15.8 Å². The van der Waals surface area contributed by atoms with E-state index in [2.05, 4.69) is 42.0 Å². The van der Waals surface area contributed by atoms with Crippen LogP contribution in [0, 0.1) is 17.1 Å². The lowest BCUT2D eigenvalue weighted by Gasteiger charge is -2.24. The second-order valence-corrected chi connectivity index (χ2v) is 11.6. The van der Waals surface area contributed by atoms with Crippen LogP contribution < -0.4 is 10.6 Å². The zero-order valence-electron chi connectivity index (χ0n) is 26.6. The fourth-order valence-electron chi connectivity index (χ4n) is 5.68. The summed E-state index contributed by atoms with van der Waals surface area (Å²) in [4.78, 5) is 24.7. The first-order valence-electron chi connectivity index (χ1n) is 15.9. The number of halogens is 1. The molecule has 48 heavy (non-hydrogen) atoms. The van der Waals surface area contributed by atoms with Crippen LogP contribution in [-0.2, 0) is 4.79 Å². The van der Waals surface area contributed by atoms with Crippen molar-refractivity contribution in [3.63, 3.8) is 0 Å². The van der Waals surface area contributed by atoms with Crippen molar-refractivity contribution < 1.29 is 15.7 Å². The van der Waals surface area contributed by atoms with Crippen LogP contribution in [0.15, 0.2) is 97.8 Å². The molecule has 0 radical (unpaired) electrons. The Balaban J connectivity index is 1.41. The molecule has 238 valence electrons. The molecule has 0 bridgehead atoms. The Morgan fingerprint density at radius 3 is 2.54 bits per heavy atom. The van der Waals surface area contributed by atoms with Crippen LogP contribution in [0.25, 0.3) is 22.0 Å². The quantitative estimate of drug-likeness (QED) is 0.129. The van der Waals surface area contributed by atoms with Crippen LogP contribution in [0.5, 0.6) is 0 Å². The number of nitriles is 1. The van der Waals surface area contributed by atoms with Gasteiger partial charge in [0.25, 0.3) is 0 Å². The number of hydrogen-bond donors (Lipinski definition) is 3. The molecule has 1 aliphatic rings. The van der Waals surface area contributed by atoms with Gasteiger partial charge in [0.2, 0.25) is 0 Å². The average molecular weight is 641 g/mol. The topological polar surface area (TPSA) is 155 Å². The lowest BCUT2D eigenvalue weighted by atomic mass is 9.97. The lowest BCUT2D eigenvalue weighted by Crippen LogP contribution is -2.15. The Morgan fingerprint density at radius 1 is 1.06 bits per heavy atom. The highest BCUT2D eigenvalue weighted by Gasteiger charge is 2.27. The summed E-state index contributed by atoms with van der Waals surface area (Å²) in [5, 5.41) is 35.8. The minimum atomic E-state index is -1.71. The number of nitrogens with zero attached hydrogens (tertiary/aromatic N) is 7. The van der Waals surface area contributed by atoms with Crippen molar-refractivity contribution in [1.29, 1.82) is 5.26 Å². The Bertz CT molecular complexity index is 2170. The molecule has 3 N–H and O–H groups in total. The number of aromatic nitrogens is 6. The summed E-state index contributed by atoms with van der Waals surface area (Å²) in [5.74, 6) is -1.38. The SMILES string of the molecule is [2H]C(Nc1cc(-c2cncnc2)c2ncc(C#N)c(NC(CCC(=O)O)c3ccccc3)c2c1)(c1ccc(F)cc1)c1cn(C2CC2)nn1.